The largest absolute Gasteiger partial charge is 0.384 e. The van der Waals surface area contributed by atoms with E-state index in [0.717, 1.165) is 16.9 Å². The fourth-order valence-electron chi connectivity index (χ4n) is 1.80. The van der Waals surface area contributed by atoms with E-state index in [9.17, 15) is 0 Å². The van der Waals surface area contributed by atoms with Crippen molar-refractivity contribution in [1.82, 2.24) is 24.4 Å². The average Bonchev–Trinajstić information content (AvgIpc) is 2.97. The Bertz CT molecular complexity index is 682. The molecule has 0 spiro atoms. The number of anilines is 2. The highest BCUT2D eigenvalue weighted by molar-refractivity contribution is 5.66. The molecule has 3 N–H and O–H groups in total. The minimum absolute atomic E-state index is 0.581. The smallest absolute Gasteiger partial charge is 0.152 e. The molecule has 0 saturated heterocycles. The summed E-state index contributed by atoms with van der Waals surface area (Å²) in [6.45, 7) is 0.581. The summed E-state index contributed by atoms with van der Waals surface area (Å²) >= 11 is 0. The summed E-state index contributed by atoms with van der Waals surface area (Å²) < 4.78 is 3.41. The Morgan fingerprint density at radius 3 is 3.00 bits per heavy atom. The minimum Gasteiger partial charge on any atom is -0.384 e. The summed E-state index contributed by atoms with van der Waals surface area (Å²) in [5.74, 6) is 1.43. The summed E-state index contributed by atoms with van der Waals surface area (Å²) in [6.07, 6.45) is 6.99. The third kappa shape index (κ3) is 1.65. The van der Waals surface area contributed by atoms with Gasteiger partial charge in [0.1, 0.15) is 11.3 Å². The molecule has 0 bridgehead atoms. The number of aromatic nitrogens is 5. The highest BCUT2D eigenvalue weighted by atomic mass is 15.3. The molecular formula is C11H13N7. The van der Waals surface area contributed by atoms with Crippen LogP contribution in [0.15, 0.2) is 30.9 Å². The summed E-state index contributed by atoms with van der Waals surface area (Å²) in [5, 5.41) is 11.5. The Hall–Kier alpha value is -2.57. The molecule has 0 aliphatic rings. The van der Waals surface area contributed by atoms with Crippen LogP contribution in [0.5, 0.6) is 0 Å². The fourth-order valence-corrected chi connectivity index (χ4v) is 1.80. The number of nitrogens with two attached hydrogens (primary N) is 1. The molecule has 0 radical (unpaired) electrons. The van der Waals surface area contributed by atoms with Crippen molar-refractivity contribution in [2.75, 3.05) is 11.1 Å². The van der Waals surface area contributed by atoms with Crippen molar-refractivity contribution in [3.63, 3.8) is 0 Å². The van der Waals surface area contributed by atoms with E-state index in [2.05, 4.69) is 20.5 Å². The van der Waals surface area contributed by atoms with E-state index in [1.54, 1.807) is 34.0 Å². The van der Waals surface area contributed by atoms with Gasteiger partial charge in [-0.3, -0.25) is 4.68 Å². The lowest BCUT2D eigenvalue weighted by molar-refractivity contribution is 0.778. The SMILES string of the molecule is Cn1ncc(CNc2nccn3nccc23)c1N. The number of nitrogen functional groups attached to an aromatic ring is 1. The topological polar surface area (TPSA) is 86.1 Å². The second kappa shape index (κ2) is 4.02. The number of nitrogens with zero attached hydrogens (tertiary/aromatic N) is 5. The van der Waals surface area contributed by atoms with E-state index >= 15 is 0 Å². The lowest BCUT2D eigenvalue weighted by Crippen LogP contribution is -2.06. The second-order valence-corrected chi connectivity index (χ2v) is 3.97. The third-order valence-electron chi connectivity index (χ3n) is 2.84. The molecule has 3 rings (SSSR count). The van der Waals surface area contributed by atoms with Gasteiger partial charge in [-0.1, -0.05) is 0 Å². The van der Waals surface area contributed by atoms with Crippen LogP contribution in [0.2, 0.25) is 0 Å². The fraction of sp³-hybridized carbons (Fsp3) is 0.182. The zero-order valence-electron chi connectivity index (χ0n) is 9.91. The van der Waals surface area contributed by atoms with Crippen LogP contribution < -0.4 is 11.1 Å². The molecule has 0 atom stereocenters. The Morgan fingerprint density at radius 1 is 1.33 bits per heavy atom. The first-order valence-electron chi connectivity index (χ1n) is 5.54. The minimum atomic E-state index is 0.581. The van der Waals surface area contributed by atoms with Crippen molar-refractivity contribution in [1.29, 1.82) is 0 Å². The van der Waals surface area contributed by atoms with Crippen molar-refractivity contribution in [3.8, 4) is 0 Å². The lowest BCUT2D eigenvalue weighted by atomic mass is 10.3. The predicted molar refractivity (Wildman–Crippen MR) is 67.9 cm³/mol. The molecule has 3 aromatic heterocycles. The van der Waals surface area contributed by atoms with Crippen LogP contribution in [-0.2, 0) is 13.6 Å². The van der Waals surface area contributed by atoms with Crippen LogP contribution >= 0.6 is 0 Å². The monoisotopic (exact) mass is 243 g/mol. The van der Waals surface area contributed by atoms with Crippen molar-refractivity contribution in [2.24, 2.45) is 7.05 Å². The van der Waals surface area contributed by atoms with Gasteiger partial charge in [-0.05, 0) is 6.07 Å². The van der Waals surface area contributed by atoms with Crippen molar-refractivity contribution < 1.29 is 0 Å². The van der Waals surface area contributed by atoms with Crippen LogP contribution in [0.25, 0.3) is 5.52 Å². The molecule has 0 unspecified atom stereocenters. The van der Waals surface area contributed by atoms with E-state index in [1.807, 2.05) is 13.1 Å². The quantitative estimate of drug-likeness (QED) is 0.705. The normalized spacial score (nSPS) is 10.9. The van der Waals surface area contributed by atoms with Gasteiger partial charge in [-0.15, -0.1) is 0 Å². The molecule has 0 aliphatic heterocycles. The van der Waals surface area contributed by atoms with Crippen LogP contribution in [0.4, 0.5) is 11.6 Å². The highest BCUT2D eigenvalue weighted by Gasteiger charge is 2.06. The van der Waals surface area contributed by atoms with Crippen molar-refractivity contribution in [2.45, 2.75) is 6.54 Å². The number of fused-ring (bicyclic) bond motifs is 1. The lowest BCUT2D eigenvalue weighted by Gasteiger charge is -2.06. The summed E-state index contributed by atoms with van der Waals surface area (Å²) in [4.78, 5) is 4.29. The maximum absolute atomic E-state index is 5.88. The summed E-state index contributed by atoms with van der Waals surface area (Å²) in [7, 11) is 1.81. The van der Waals surface area contributed by atoms with Crippen molar-refractivity contribution in [3.05, 3.63) is 36.4 Å². The molecule has 0 saturated carbocycles. The molecule has 0 amide bonds. The van der Waals surface area contributed by atoms with Gasteiger partial charge in [-0.2, -0.15) is 10.2 Å². The highest BCUT2D eigenvalue weighted by Crippen LogP contribution is 2.15. The van der Waals surface area contributed by atoms with E-state index in [1.165, 1.54) is 0 Å². The van der Waals surface area contributed by atoms with E-state index in [4.69, 9.17) is 5.73 Å². The van der Waals surface area contributed by atoms with Gasteiger partial charge in [0.2, 0.25) is 0 Å². The van der Waals surface area contributed by atoms with Gasteiger partial charge >= 0.3 is 0 Å². The van der Waals surface area contributed by atoms with Gasteiger partial charge in [0.05, 0.1) is 12.4 Å². The van der Waals surface area contributed by atoms with E-state index < -0.39 is 0 Å². The Morgan fingerprint density at radius 2 is 2.22 bits per heavy atom. The molecule has 0 aromatic carbocycles. The molecule has 3 heterocycles. The van der Waals surface area contributed by atoms with Crippen LogP contribution in [0, 0.1) is 0 Å². The van der Waals surface area contributed by atoms with Gasteiger partial charge < -0.3 is 11.1 Å². The standard InChI is InChI=1S/C11H13N7/c1-17-10(12)8(7-16-17)6-14-11-9-2-3-15-18(9)5-4-13-11/h2-5,7H,6,12H2,1H3,(H,13,14). The first-order chi connectivity index (χ1) is 8.75. The zero-order valence-corrected chi connectivity index (χ0v) is 9.91. The van der Waals surface area contributed by atoms with Crippen molar-refractivity contribution >= 4 is 17.2 Å². The molecular weight excluding hydrogens is 230 g/mol. The second-order valence-electron chi connectivity index (χ2n) is 3.97. The molecule has 92 valence electrons. The first kappa shape index (κ1) is 10.6. The molecule has 7 heteroatoms. The Kier molecular flexibility index (Phi) is 2.36. The van der Waals surface area contributed by atoms with E-state index in [0.29, 0.717) is 12.4 Å². The van der Waals surface area contributed by atoms with E-state index in [-0.39, 0.29) is 0 Å². The Balaban J connectivity index is 1.85. The number of rotatable bonds is 3. The van der Waals surface area contributed by atoms with Crippen LogP contribution in [-0.4, -0.2) is 24.4 Å². The van der Waals surface area contributed by atoms with Crippen LogP contribution in [0.1, 0.15) is 5.56 Å². The molecule has 0 aliphatic carbocycles. The summed E-state index contributed by atoms with van der Waals surface area (Å²) in [5.41, 5.74) is 7.76. The zero-order chi connectivity index (χ0) is 12.5. The first-order valence-corrected chi connectivity index (χ1v) is 5.54. The van der Waals surface area contributed by atoms with Crippen LogP contribution in [0.3, 0.4) is 0 Å². The molecule has 18 heavy (non-hydrogen) atoms. The number of aryl methyl sites for hydroxylation is 1. The number of hydrogen-bond donors (Lipinski definition) is 2. The van der Waals surface area contributed by atoms with Gasteiger partial charge in [0.25, 0.3) is 0 Å². The Labute approximate surface area is 103 Å². The molecule has 0 fully saturated rings. The molecule has 3 aromatic rings. The molecule has 7 nitrogen and oxygen atoms in total. The number of hydrogen-bond acceptors (Lipinski definition) is 5. The van der Waals surface area contributed by atoms with Gasteiger partial charge in [0, 0.05) is 31.5 Å². The third-order valence-corrected chi connectivity index (χ3v) is 2.84. The maximum Gasteiger partial charge on any atom is 0.152 e. The summed E-state index contributed by atoms with van der Waals surface area (Å²) in [6, 6.07) is 1.90. The van der Waals surface area contributed by atoms with Gasteiger partial charge in [0.15, 0.2) is 5.82 Å². The number of nitrogens with one attached hydrogen (secondary N) is 1. The predicted octanol–water partition coefficient (Wildman–Crippen LogP) is 0.657. The maximum atomic E-state index is 5.88. The average molecular weight is 243 g/mol. The van der Waals surface area contributed by atoms with Gasteiger partial charge in [-0.25, -0.2) is 9.50 Å².